The van der Waals surface area contributed by atoms with Crippen LogP contribution in [0.15, 0.2) is 48.5 Å². The summed E-state index contributed by atoms with van der Waals surface area (Å²) in [5.74, 6) is 0.879. The third-order valence-corrected chi connectivity index (χ3v) is 4.55. The molecular formula is C15H9ClN2S. The lowest BCUT2D eigenvalue weighted by Gasteiger charge is -1.88. The van der Waals surface area contributed by atoms with Crippen LogP contribution >= 0.6 is 22.9 Å². The number of nitrogens with one attached hydrogen (secondary N) is 1. The van der Waals surface area contributed by atoms with Gasteiger partial charge in [-0.3, -0.25) is 0 Å². The number of hydrogen-bond donors (Lipinski definition) is 1. The molecule has 0 saturated carbocycles. The van der Waals surface area contributed by atoms with Crippen LogP contribution in [0.4, 0.5) is 0 Å². The SMILES string of the molecule is Clc1cccc2[nH]c(-c3cc4ccccc4s3)nc12. The quantitative estimate of drug-likeness (QED) is 0.518. The molecule has 4 rings (SSSR count). The molecule has 0 aliphatic heterocycles. The molecular weight excluding hydrogens is 276 g/mol. The first-order chi connectivity index (χ1) is 9.31. The van der Waals surface area contributed by atoms with Crippen LogP contribution in [0.1, 0.15) is 0 Å². The normalized spacial score (nSPS) is 11.4. The number of rotatable bonds is 1. The summed E-state index contributed by atoms with van der Waals surface area (Å²) in [7, 11) is 0. The van der Waals surface area contributed by atoms with Crippen molar-refractivity contribution >= 4 is 44.1 Å². The number of para-hydroxylation sites is 1. The van der Waals surface area contributed by atoms with Gasteiger partial charge in [-0.05, 0) is 29.7 Å². The molecule has 2 heterocycles. The summed E-state index contributed by atoms with van der Waals surface area (Å²) in [6.07, 6.45) is 0. The Morgan fingerprint density at radius 3 is 2.79 bits per heavy atom. The maximum absolute atomic E-state index is 6.16. The first-order valence-electron chi connectivity index (χ1n) is 5.94. The zero-order valence-electron chi connectivity index (χ0n) is 9.85. The highest BCUT2D eigenvalue weighted by Gasteiger charge is 2.10. The molecule has 0 spiro atoms. The summed E-state index contributed by atoms with van der Waals surface area (Å²) in [6.45, 7) is 0. The number of aromatic amines is 1. The van der Waals surface area contributed by atoms with Gasteiger partial charge in [0, 0.05) is 4.70 Å². The van der Waals surface area contributed by atoms with Gasteiger partial charge in [0.2, 0.25) is 0 Å². The Labute approximate surface area is 118 Å². The fourth-order valence-corrected chi connectivity index (χ4v) is 3.44. The van der Waals surface area contributed by atoms with Crippen molar-refractivity contribution in [3.63, 3.8) is 0 Å². The highest BCUT2D eigenvalue weighted by molar-refractivity contribution is 7.22. The minimum absolute atomic E-state index is 0.682. The van der Waals surface area contributed by atoms with Gasteiger partial charge in [-0.2, -0.15) is 0 Å². The van der Waals surface area contributed by atoms with Gasteiger partial charge < -0.3 is 4.98 Å². The number of aromatic nitrogens is 2. The van der Waals surface area contributed by atoms with E-state index in [-0.39, 0.29) is 0 Å². The third-order valence-electron chi connectivity index (χ3n) is 3.12. The average molecular weight is 285 g/mol. The van der Waals surface area contributed by atoms with Crippen molar-refractivity contribution in [1.82, 2.24) is 9.97 Å². The Morgan fingerprint density at radius 2 is 1.95 bits per heavy atom. The van der Waals surface area contributed by atoms with Crippen molar-refractivity contribution < 1.29 is 0 Å². The molecule has 4 aromatic rings. The van der Waals surface area contributed by atoms with Crippen LogP contribution in [-0.4, -0.2) is 9.97 Å². The van der Waals surface area contributed by atoms with Crippen molar-refractivity contribution in [3.05, 3.63) is 53.6 Å². The van der Waals surface area contributed by atoms with E-state index in [4.69, 9.17) is 11.6 Å². The maximum atomic E-state index is 6.16. The van der Waals surface area contributed by atoms with Gasteiger partial charge in [0.25, 0.3) is 0 Å². The summed E-state index contributed by atoms with van der Waals surface area (Å²) in [4.78, 5) is 9.06. The molecule has 2 aromatic carbocycles. The van der Waals surface area contributed by atoms with E-state index >= 15 is 0 Å². The van der Waals surface area contributed by atoms with Crippen LogP contribution in [0.25, 0.3) is 31.8 Å². The first-order valence-corrected chi connectivity index (χ1v) is 7.14. The molecule has 0 amide bonds. The Bertz CT molecular complexity index is 858. The van der Waals surface area contributed by atoms with Gasteiger partial charge in [-0.1, -0.05) is 35.9 Å². The van der Waals surface area contributed by atoms with Crippen molar-refractivity contribution in [3.8, 4) is 10.7 Å². The van der Waals surface area contributed by atoms with Crippen molar-refractivity contribution in [2.45, 2.75) is 0 Å². The summed E-state index contributed by atoms with van der Waals surface area (Å²) in [6, 6.07) is 16.3. The minimum atomic E-state index is 0.682. The van der Waals surface area contributed by atoms with Crippen molar-refractivity contribution in [2.24, 2.45) is 0 Å². The summed E-state index contributed by atoms with van der Waals surface area (Å²) in [5, 5.41) is 1.93. The lowest BCUT2D eigenvalue weighted by molar-refractivity contribution is 1.36. The van der Waals surface area contributed by atoms with Gasteiger partial charge in [0.05, 0.1) is 15.4 Å². The molecule has 0 aliphatic rings. The molecule has 19 heavy (non-hydrogen) atoms. The Kier molecular flexibility index (Phi) is 2.37. The molecule has 0 radical (unpaired) electrons. The number of hydrogen-bond acceptors (Lipinski definition) is 2. The topological polar surface area (TPSA) is 28.7 Å². The fraction of sp³-hybridized carbons (Fsp3) is 0. The lowest BCUT2D eigenvalue weighted by atomic mass is 10.2. The maximum Gasteiger partial charge on any atom is 0.148 e. The number of benzene rings is 2. The zero-order chi connectivity index (χ0) is 12.8. The lowest BCUT2D eigenvalue weighted by Crippen LogP contribution is -1.72. The molecule has 4 heteroatoms. The van der Waals surface area contributed by atoms with Crippen LogP contribution in [0, 0.1) is 0 Å². The van der Waals surface area contributed by atoms with E-state index < -0.39 is 0 Å². The molecule has 2 aromatic heterocycles. The van der Waals surface area contributed by atoms with Gasteiger partial charge in [0.1, 0.15) is 11.3 Å². The monoisotopic (exact) mass is 284 g/mol. The molecule has 92 valence electrons. The Morgan fingerprint density at radius 1 is 1.05 bits per heavy atom. The highest BCUT2D eigenvalue weighted by atomic mass is 35.5. The van der Waals surface area contributed by atoms with Crippen LogP contribution in [0.3, 0.4) is 0 Å². The molecule has 0 bridgehead atoms. The minimum Gasteiger partial charge on any atom is -0.337 e. The molecule has 0 saturated heterocycles. The number of thiophene rings is 1. The summed E-state index contributed by atoms with van der Waals surface area (Å²) in [5.41, 5.74) is 1.80. The molecule has 1 N–H and O–H groups in total. The van der Waals surface area contributed by atoms with Gasteiger partial charge >= 0.3 is 0 Å². The van der Waals surface area contributed by atoms with Crippen LogP contribution in [-0.2, 0) is 0 Å². The summed E-state index contributed by atoms with van der Waals surface area (Å²) >= 11 is 7.89. The van der Waals surface area contributed by atoms with E-state index in [1.165, 1.54) is 10.1 Å². The standard InChI is InChI=1S/C15H9ClN2S/c16-10-5-3-6-11-14(10)18-15(17-11)13-8-9-4-1-2-7-12(9)19-13/h1-8H,(H,17,18). The van der Waals surface area contributed by atoms with Gasteiger partial charge in [0.15, 0.2) is 0 Å². The molecule has 2 nitrogen and oxygen atoms in total. The number of imidazole rings is 1. The number of nitrogens with zero attached hydrogens (tertiary/aromatic N) is 1. The average Bonchev–Trinajstić information content (AvgIpc) is 3.02. The Balaban J connectivity index is 1.96. The second kappa shape index (κ2) is 4.08. The first kappa shape index (κ1) is 11.0. The van der Waals surface area contributed by atoms with Gasteiger partial charge in [-0.25, -0.2) is 4.98 Å². The Hall–Kier alpha value is -1.84. The number of H-pyrrole nitrogens is 1. The molecule has 0 unspecified atom stereocenters. The van der Waals surface area contributed by atoms with Crippen molar-refractivity contribution in [2.75, 3.05) is 0 Å². The molecule has 0 atom stereocenters. The number of fused-ring (bicyclic) bond motifs is 2. The van der Waals surface area contributed by atoms with E-state index in [0.29, 0.717) is 5.02 Å². The predicted octanol–water partition coefficient (Wildman–Crippen LogP) is 5.10. The molecule has 0 aliphatic carbocycles. The van der Waals surface area contributed by atoms with E-state index in [9.17, 15) is 0 Å². The van der Waals surface area contributed by atoms with E-state index in [2.05, 4.69) is 34.2 Å². The van der Waals surface area contributed by atoms with Crippen LogP contribution in [0.2, 0.25) is 5.02 Å². The van der Waals surface area contributed by atoms with Crippen LogP contribution < -0.4 is 0 Å². The smallest absolute Gasteiger partial charge is 0.148 e. The zero-order valence-corrected chi connectivity index (χ0v) is 11.4. The van der Waals surface area contributed by atoms with Crippen molar-refractivity contribution in [1.29, 1.82) is 0 Å². The van der Waals surface area contributed by atoms with E-state index in [1.807, 2.05) is 24.3 Å². The second-order valence-corrected chi connectivity index (χ2v) is 5.86. The van der Waals surface area contributed by atoms with Gasteiger partial charge in [-0.15, -0.1) is 11.3 Å². The third kappa shape index (κ3) is 1.74. The van der Waals surface area contributed by atoms with E-state index in [0.717, 1.165) is 21.7 Å². The fourth-order valence-electron chi connectivity index (χ4n) is 2.21. The highest BCUT2D eigenvalue weighted by Crippen LogP contribution is 2.33. The largest absolute Gasteiger partial charge is 0.337 e. The second-order valence-electron chi connectivity index (χ2n) is 4.37. The molecule has 0 fully saturated rings. The van der Waals surface area contributed by atoms with E-state index in [1.54, 1.807) is 11.3 Å². The van der Waals surface area contributed by atoms with Crippen LogP contribution in [0.5, 0.6) is 0 Å². The summed E-state index contributed by atoms with van der Waals surface area (Å²) < 4.78 is 1.27. The number of halogens is 1. The predicted molar refractivity (Wildman–Crippen MR) is 81.9 cm³/mol.